The van der Waals surface area contributed by atoms with Gasteiger partial charge in [0, 0.05) is 4.88 Å². The summed E-state index contributed by atoms with van der Waals surface area (Å²) < 4.78 is 13.7. The Balaban J connectivity index is 2.10. The van der Waals surface area contributed by atoms with Crippen LogP contribution in [0.4, 0.5) is 10.1 Å². The summed E-state index contributed by atoms with van der Waals surface area (Å²) in [7, 11) is 0. The standard InChI is InChI=1S/C13H15FN2S/c1-8-5-4-6-11(13(8)14)15-7-12-16-9(2)10(3)17-12/h4-6,15H,7H2,1-3H3. The molecular formula is C13H15FN2S. The van der Waals surface area contributed by atoms with Gasteiger partial charge in [-0.05, 0) is 32.4 Å². The van der Waals surface area contributed by atoms with Crippen LogP contribution in [0, 0.1) is 26.6 Å². The van der Waals surface area contributed by atoms with Crippen molar-refractivity contribution in [3.63, 3.8) is 0 Å². The number of anilines is 1. The van der Waals surface area contributed by atoms with Crippen molar-refractivity contribution in [3.05, 3.63) is 45.2 Å². The average Bonchev–Trinajstić information content (AvgIpc) is 2.61. The minimum atomic E-state index is -0.183. The molecule has 0 aliphatic carbocycles. The maximum atomic E-state index is 13.7. The Morgan fingerprint density at radius 3 is 2.71 bits per heavy atom. The predicted molar refractivity (Wildman–Crippen MR) is 70.1 cm³/mol. The van der Waals surface area contributed by atoms with Crippen molar-refractivity contribution in [1.29, 1.82) is 0 Å². The second-order valence-electron chi connectivity index (χ2n) is 4.04. The van der Waals surface area contributed by atoms with Gasteiger partial charge in [-0.15, -0.1) is 11.3 Å². The number of aromatic nitrogens is 1. The van der Waals surface area contributed by atoms with Gasteiger partial charge in [0.05, 0.1) is 17.9 Å². The van der Waals surface area contributed by atoms with Crippen molar-refractivity contribution in [1.82, 2.24) is 4.98 Å². The second kappa shape index (κ2) is 4.84. The van der Waals surface area contributed by atoms with Gasteiger partial charge in [-0.3, -0.25) is 0 Å². The maximum absolute atomic E-state index is 13.7. The summed E-state index contributed by atoms with van der Waals surface area (Å²) in [6, 6.07) is 5.35. The molecule has 0 radical (unpaired) electrons. The molecule has 0 spiro atoms. The van der Waals surface area contributed by atoms with E-state index in [1.807, 2.05) is 19.9 Å². The number of thiazole rings is 1. The normalized spacial score (nSPS) is 10.6. The zero-order chi connectivity index (χ0) is 12.4. The van der Waals surface area contributed by atoms with Gasteiger partial charge in [0.15, 0.2) is 0 Å². The molecule has 17 heavy (non-hydrogen) atoms. The molecule has 1 aromatic carbocycles. The highest BCUT2D eigenvalue weighted by molar-refractivity contribution is 7.11. The molecule has 2 rings (SSSR count). The largest absolute Gasteiger partial charge is 0.376 e. The summed E-state index contributed by atoms with van der Waals surface area (Å²) in [5.41, 5.74) is 2.24. The van der Waals surface area contributed by atoms with Gasteiger partial charge in [-0.2, -0.15) is 0 Å². The molecule has 1 heterocycles. The van der Waals surface area contributed by atoms with Crippen LogP contribution in [0.25, 0.3) is 0 Å². The molecule has 0 bridgehead atoms. The third-order valence-electron chi connectivity index (χ3n) is 2.69. The average molecular weight is 250 g/mol. The number of hydrogen-bond acceptors (Lipinski definition) is 3. The number of aryl methyl sites for hydroxylation is 3. The molecule has 0 amide bonds. The first-order chi connectivity index (χ1) is 8.08. The molecule has 0 aliphatic heterocycles. The fraction of sp³-hybridized carbons (Fsp3) is 0.308. The Morgan fingerprint density at radius 2 is 2.06 bits per heavy atom. The minimum Gasteiger partial charge on any atom is -0.376 e. The van der Waals surface area contributed by atoms with Gasteiger partial charge in [-0.1, -0.05) is 12.1 Å². The van der Waals surface area contributed by atoms with E-state index in [1.165, 1.54) is 4.88 Å². The van der Waals surface area contributed by atoms with Gasteiger partial charge >= 0.3 is 0 Å². The lowest BCUT2D eigenvalue weighted by atomic mass is 10.2. The topological polar surface area (TPSA) is 24.9 Å². The van der Waals surface area contributed by atoms with Crippen LogP contribution in [0.15, 0.2) is 18.2 Å². The fourth-order valence-corrected chi connectivity index (χ4v) is 2.44. The van der Waals surface area contributed by atoms with Crippen molar-refractivity contribution >= 4 is 17.0 Å². The van der Waals surface area contributed by atoms with E-state index in [4.69, 9.17) is 0 Å². The number of halogens is 1. The molecule has 90 valence electrons. The SMILES string of the molecule is Cc1cccc(NCc2nc(C)c(C)s2)c1F. The van der Waals surface area contributed by atoms with Gasteiger partial charge in [0.25, 0.3) is 0 Å². The van der Waals surface area contributed by atoms with E-state index in [9.17, 15) is 4.39 Å². The molecular weight excluding hydrogens is 235 g/mol. The Hall–Kier alpha value is -1.42. The van der Waals surface area contributed by atoms with E-state index in [0.29, 0.717) is 17.8 Å². The summed E-state index contributed by atoms with van der Waals surface area (Å²) in [6.07, 6.45) is 0. The molecule has 0 fully saturated rings. The van der Waals surface area contributed by atoms with Gasteiger partial charge < -0.3 is 5.32 Å². The molecule has 0 atom stereocenters. The van der Waals surface area contributed by atoms with Crippen LogP contribution in [0.5, 0.6) is 0 Å². The van der Waals surface area contributed by atoms with Crippen molar-refractivity contribution in [3.8, 4) is 0 Å². The second-order valence-corrected chi connectivity index (χ2v) is 5.33. The first-order valence-electron chi connectivity index (χ1n) is 5.50. The Morgan fingerprint density at radius 1 is 1.29 bits per heavy atom. The van der Waals surface area contributed by atoms with Crippen molar-refractivity contribution in [2.75, 3.05) is 5.32 Å². The van der Waals surface area contributed by atoms with Crippen molar-refractivity contribution in [2.45, 2.75) is 27.3 Å². The van der Waals surface area contributed by atoms with E-state index >= 15 is 0 Å². The first kappa shape index (κ1) is 12.0. The lowest BCUT2D eigenvalue weighted by molar-refractivity contribution is 0.621. The highest BCUT2D eigenvalue weighted by Gasteiger charge is 2.06. The van der Waals surface area contributed by atoms with E-state index in [1.54, 1.807) is 30.4 Å². The van der Waals surface area contributed by atoms with E-state index in [0.717, 1.165) is 10.7 Å². The van der Waals surface area contributed by atoms with Crippen LogP contribution in [0.3, 0.4) is 0 Å². The van der Waals surface area contributed by atoms with Gasteiger partial charge in [0.1, 0.15) is 10.8 Å². The van der Waals surface area contributed by atoms with Crippen LogP contribution in [-0.2, 0) is 6.54 Å². The fourth-order valence-electron chi connectivity index (χ4n) is 1.57. The van der Waals surface area contributed by atoms with Crippen molar-refractivity contribution < 1.29 is 4.39 Å². The molecule has 4 heteroatoms. The molecule has 0 unspecified atom stereocenters. The van der Waals surface area contributed by atoms with E-state index in [2.05, 4.69) is 10.3 Å². The minimum absolute atomic E-state index is 0.183. The number of nitrogens with zero attached hydrogens (tertiary/aromatic N) is 1. The zero-order valence-electron chi connectivity index (χ0n) is 10.2. The lowest BCUT2D eigenvalue weighted by Gasteiger charge is -2.07. The zero-order valence-corrected chi connectivity index (χ0v) is 11.0. The molecule has 0 saturated carbocycles. The summed E-state index contributed by atoms with van der Waals surface area (Å²) in [5, 5.41) is 4.07. The maximum Gasteiger partial charge on any atom is 0.149 e. The molecule has 1 N–H and O–H groups in total. The van der Waals surface area contributed by atoms with E-state index in [-0.39, 0.29) is 5.82 Å². The third kappa shape index (κ3) is 2.64. The summed E-state index contributed by atoms with van der Waals surface area (Å²) in [4.78, 5) is 5.63. The number of nitrogens with one attached hydrogen (secondary N) is 1. The predicted octanol–water partition coefficient (Wildman–Crippen LogP) is 3.82. The highest BCUT2D eigenvalue weighted by Crippen LogP contribution is 2.20. The van der Waals surface area contributed by atoms with E-state index < -0.39 is 0 Å². The lowest BCUT2D eigenvalue weighted by Crippen LogP contribution is -2.02. The van der Waals surface area contributed by atoms with Crippen LogP contribution in [0.1, 0.15) is 21.1 Å². The summed E-state index contributed by atoms with van der Waals surface area (Å²) >= 11 is 1.65. The number of benzene rings is 1. The summed E-state index contributed by atoms with van der Waals surface area (Å²) in [6.45, 7) is 6.37. The van der Waals surface area contributed by atoms with Crippen LogP contribution >= 0.6 is 11.3 Å². The van der Waals surface area contributed by atoms with Crippen LogP contribution in [0.2, 0.25) is 0 Å². The molecule has 0 saturated heterocycles. The third-order valence-corrected chi connectivity index (χ3v) is 3.77. The summed E-state index contributed by atoms with van der Waals surface area (Å²) in [5.74, 6) is -0.183. The van der Waals surface area contributed by atoms with Gasteiger partial charge in [-0.25, -0.2) is 9.37 Å². The number of hydrogen-bond donors (Lipinski definition) is 1. The quantitative estimate of drug-likeness (QED) is 0.895. The first-order valence-corrected chi connectivity index (χ1v) is 6.31. The highest BCUT2D eigenvalue weighted by atomic mass is 32.1. The van der Waals surface area contributed by atoms with Crippen LogP contribution in [-0.4, -0.2) is 4.98 Å². The Labute approximate surface area is 105 Å². The Kier molecular flexibility index (Phi) is 3.43. The molecule has 1 aromatic heterocycles. The molecule has 0 aliphatic rings. The molecule has 2 nitrogen and oxygen atoms in total. The number of rotatable bonds is 3. The monoisotopic (exact) mass is 250 g/mol. The van der Waals surface area contributed by atoms with Gasteiger partial charge in [0.2, 0.25) is 0 Å². The van der Waals surface area contributed by atoms with Crippen molar-refractivity contribution in [2.24, 2.45) is 0 Å². The Bertz CT molecular complexity index is 515. The molecule has 2 aromatic rings. The smallest absolute Gasteiger partial charge is 0.149 e. The van der Waals surface area contributed by atoms with Crippen LogP contribution < -0.4 is 5.32 Å².